The van der Waals surface area contributed by atoms with Crippen LogP contribution in [0.15, 0.2) is 24.3 Å². The molecule has 0 spiro atoms. The van der Waals surface area contributed by atoms with Gasteiger partial charge in [0.25, 0.3) is 0 Å². The number of hydrogen-bond donors (Lipinski definition) is 1. The molecule has 3 nitrogen and oxygen atoms in total. The lowest BCUT2D eigenvalue weighted by Crippen LogP contribution is -2.07. The molecule has 0 saturated carbocycles. The Kier molecular flexibility index (Phi) is 8.60. The van der Waals surface area contributed by atoms with Crippen LogP contribution < -0.4 is 0 Å². The summed E-state index contributed by atoms with van der Waals surface area (Å²) in [6, 6.07) is 8.87. The molecule has 1 aromatic carbocycles. The number of carbonyl (C=O) groups excluding carboxylic acids is 1. The van der Waals surface area contributed by atoms with Crippen molar-refractivity contribution in [3.8, 4) is 0 Å². The van der Waals surface area contributed by atoms with Crippen LogP contribution in [-0.2, 0) is 16.0 Å². The third-order valence-corrected chi connectivity index (χ3v) is 4.09. The molecule has 0 aromatic heterocycles. The summed E-state index contributed by atoms with van der Waals surface area (Å²) in [6.45, 7) is 6.62. The lowest BCUT2D eigenvalue weighted by atomic mass is 9.88. The zero-order chi connectivity index (χ0) is 17.2. The lowest BCUT2D eigenvalue weighted by molar-refractivity contribution is -0.140. The monoisotopic (exact) mass is 318 g/mol. The molecule has 0 saturated heterocycles. The summed E-state index contributed by atoms with van der Waals surface area (Å²) >= 11 is 0. The Bertz CT molecular complexity index is 488. The second-order valence-electron chi connectivity index (χ2n) is 6.83. The molecule has 23 heavy (non-hydrogen) atoms. The second kappa shape index (κ2) is 10.2. The van der Waals surface area contributed by atoms with E-state index in [0.29, 0.717) is 18.3 Å². The molecule has 0 fully saturated rings. The van der Waals surface area contributed by atoms with E-state index in [1.54, 1.807) is 0 Å². The van der Waals surface area contributed by atoms with E-state index in [0.717, 1.165) is 32.1 Å². The van der Waals surface area contributed by atoms with Gasteiger partial charge in [-0.15, -0.1) is 0 Å². The third kappa shape index (κ3) is 7.96. The summed E-state index contributed by atoms with van der Waals surface area (Å²) in [5.41, 5.74) is 2.71. The van der Waals surface area contributed by atoms with Gasteiger partial charge in [-0.2, -0.15) is 0 Å². The predicted molar refractivity (Wildman–Crippen MR) is 93.7 cm³/mol. The van der Waals surface area contributed by atoms with Crippen molar-refractivity contribution < 1.29 is 14.7 Å². The van der Waals surface area contributed by atoms with Gasteiger partial charge in [-0.25, -0.2) is 0 Å². The van der Waals surface area contributed by atoms with Gasteiger partial charge in [-0.1, -0.05) is 51.5 Å². The highest BCUT2D eigenvalue weighted by Crippen LogP contribution is 2.27. The largest absolute Gasteiger partial charge is 0.481 e. The second-order valence-corrected chi connectivity index (χ2v) is 6.83. The van der Waals surface area contributed by atoms with E-state index in [1.165, 1.54) is 11.1 Å². The molecule has 0 heterocycles. The van der Waals surface area contributed by atoms with Crippen LogP contribution in [-0.4, -0.2) is 16.9 Å². The lowest BCUT2D eigenvalue weighted by Gasteiger charge is -2.17. The van der Waals surface area contributed by atoms with Crippen molar-refractivity contribution >= 4 is 11.8 Å². The highest BCUT2D eigenvalue weighted by Gasteiger charge is 2.13. The Labute approximate surface area is 140 Å². The van der Waals surface area contributed by atoms with E-state index in [2.05, 4.69) is 45.0 Å². The molecule has 1 unspecified atom stereocenters. The highest BCUT2D eigenvalue weighted by atomic mass is 16.4. The van der Waals surface area contributed by atoms with Crippen LogP contribution >= 0.6 is 0 Å². The molecular formula is C20H30O3. The maximum Gasteiger partial charge on any atom is 0.310 e. The number of carboxylic acid groups (broad SMARTS) is 1. The zero-order valence-corrected chi connectivity index (χ0v) is 14.7. The summed E-state index contributed by atoms with van der Waals surface area (Å²) in [5, 5.41) is 8.62. The van der Waals surface area contributed by atoms with E-state index in [-0.39, 0.29) is 12.2 Å². The van der Waals surface area contributed by atoms with Crippen LogP contribution in [0.3, 0.4) is 0 Å². The van der Waals surface area contributed by atoms with Crippen LogP contribution in [0, 0.1) is 5.92 Å². The molecule has 1 rings (SSSR count). The topological polar surface area (TPSA) is 54.4 Å². The number of carboxylic acids is 1. The zero-order valence-electron chi connectivity index (χ0n) is 14.7. The van der Waals surface area contributed by atoms with Crippen molar-refractivity contribution in [2.24, 2.45) is 5.92 Å². The van der Waals surface area contributed by atoms with Crippen LogP contribution in [0.1, 0.15) is 76.3 Å². The smallest absolute Gasteiger partial charge is 0.310 e. The van der Waals surface area contributed by atoms with E-state index >= 15 is 0 Å². The van der Waals surface area contributed by atoms with Gasteiger partial charge in [0.15, 0.2) is 0 Å². The summed E-state index contributed by atoms with van der Waals surface area (Å²) in [6.07, 6.45) is 5.06. The average Bonchev–Trinajstić information content (AvgIpc) is 2.46. The van der Waals surface area contributed by atoms with Crippen molar-refractivity contribution in [3.05, 3.63) is 35.4 Å². The van der Waals surface area contributed by atoms with Gasteiger partial charge in [-0.05, 0) is 48.6 Å². The number of benzene rings is 1. The summed E-state index contributed by atoms with van der Waals surface area (Å²) < 4.78 is 0. The van der Waals surface area contributed by atoms with Crippen molar-refractivity contribution in [1.29, 1.82) is 0 Å². The predicted octanol–water partition coefficient (Wildman–Crippen LogP) is 4.98. The van der Waals surface area contributed by atoms with Gasteiger partial charge >= 0.3 is 5.97 Å². The highest BCUT2D eigenvalue weighted by molar-refractivity contribution is 5.94. The van der Waals surface area contributed by atoms with Gasteiger partial charge in [0, 0.05) is 6.42 Å². The SMILES string of the molecule is CCCC(CCCC(=O)CC(=O)O)c1ccc(CC(C)C)cc1. The number of hydrogen-bond acceptors (Lipinski definition) is 2. The average molecular weight is 318 g/mol. The van der Waals surface area contributed by atoms with Gasteiger partial charge in [0.2, 0.25) is 0 Å². The van der Waals surface area contributed by atoms with Crippen LogP contribution in [0.4, 0.5) is 0 Å². The van der Waals surface area contributed by atoms with Crippen LogP contribution in [0.2, 0.25) is 0 Å². The molecule has 0 bridgehead atoms. The Morgan fingerprint density at radius 2 is 1.74 bits per heavy atom. The minimum absolute atomic E-state index is 0.167. The molecular weight excluding hydrogens is 288 g/mol. The summed E-state index contributed by atoms with van der Waals surface area (Å²) in [7, 11) is 0. The van der Waals surface area contributed by atoms with Gasteiger partial charge in [0.05, 0.1) is 0 Å². The maximum atomic E-state index is 11.5. The number of Topliss-reactive ketones (excluding diaryl/α,β-unsaturated/α-hetero) is 1. The fraction of sp³-hybridized carbons (Fsp3) is 0.600. The normalized spacial score (nSPS) is 12.3. The van der Waals surface area contributed by atoms with Crippen molar-refractivity contribution in [2.75, 3.05) is 0 Å². The molecule has 0 radical (unpaired) electrons. The van der Waals surface area contributed by atoms with E-state index in [9.17, 15) is 9.59 Å². The van der Waals surface area contributed by atoms with Gasteiger partial charge in [-0.3, -0.25) is 9.59 Å². The summed E-state index contributed by atoms with van der Waals surface area (Å²) in [4.78, 5) is 22.0. The molecule has 0 aliphatic rings. The molecule has 0 aliphatic heterocycles. The molecule has 128 valence electrons. The molecule has 0 aliphatic carbocycles. The molecule has 3 heteroatoms. The van der Waals surface area contributed by atoms with Crippen molar-refractivity contribution in [3.63, 3.8) is 0 Å². The molecule has 1 atom stereocenters. The van der Waals surface area contributed by atoms with E-state index in [4.69, 9.17) is 5.11 Å². The number of aliphatic carboxylic acids is 1. The summed E-state index contributed by atoms with van der Waals surface area (Å²) in [5.74, 6) is -0.0702. The number of ketones is 1. The quantitative estimate of drug-likeness (QED) is 0.585. The van der Waals surface area contributed by atoms with Crippen molar-refractivity contribution in [1.82, 2.24) is 0 Å². The first-order valence-corrected chi connectivity index (χ1v) is 8.74. The number of rotatable bonds is 11. The Morgan fingerprint density at radius 1 is 1.09 bits per heavy atom. The minimum Gasteiger partial charge on any atom is -0.481 e. The first-order valence-electron chi connectivity index (χ1n) is 8.74. The van der Waals surface area contributed by atoms with Crippen LogP contribution in [0.5, 0.6) is 0 Å². The molecule has 0 amide bonds. The molecule has 1 aromatic rings. The number of carbonyl (C=O) groups is 2. The van der Waals surface area contributed by atoms with E-state index < -0.39 is 5.97 Å². The standard InChI is InChI=1S/C20H30O3/c1-4-6-17(7-5-8-19(21)14-20(22)23)18-11-9-16(10-12-18)13-15(2)3/h9-12,15,17H,4-8,13-14H2,1-3H3,(H,22,23). The van der Waals surface area contributed by atoms with Crippen molar-refractivity contribution in [2.45, 2.75) is 71.6 Å². The molecule has 1 N–H and O–H groups in total. The third-order valence-electron chi connectivity index (χ3n) is 4.09. The fourth-order valence-electron chi connectivity index (χ4n) is 3.03. The maximum absolute atomic E-state index is 11.5. The Hall–Kier alpha value is -1.64. The fourth-order valence-corrected chi connectivity index (χ4v) is 3.03. The van der Waals surface area contributed by atoms with Gasteiger partial charge in [0.1, 0.15) is 12.2 Å². The Balaban J connectivity index is 2.56. The Morgan fingerprint density at radius 3 is 2.26 bits per heavy atom. The van der Waals surface area contributed by atoms with Crippen LogP contribution in [0.25, 0.3) is 0 Å². The first-order chi connectivity index (χ1) is 10.9. The minimum atomic E-state index is -1.03. The van der Waals surface area contributed by atoms with E-state index in [1.807, 2.05) is 0 Å². The first kappa shape index (κ1) is 19.4. The van der Waals surface area contributed by atoms with Gasteiger partial charge < -0.3 is 5.11 Å².